The quantitative estimate of drug-likeness (QED) is 0.901. The van der Waals surface area contributed by atoms with Gasteiger partial charge in [0.05, 0.1) is 6.42 Å². The van der Waals surface area contributed by atoms with Crippen molar-refractivity contribution >= 4 is 29.9 Å². The zero-order chi connectivity index (χ0) is 13.0. The summed E-state index contributed by atoms with van der Waals surface area (Å²) in [5.74, 6) is 0.0800. The summed E-state index contributed by atoms with van der Waals surface area (Å²) in [4.78, 5) is 11.9. The van der Waals surface area contributed by atoms with E-state index in [1.807, 2.05) is 24.3 Å². The van der Waals surface area contributed by atoms with Crippen LogP contribution in [0.4, 0.5) is 0 Å². The molecular weight excluding hydrogens is 283 g/mol. The van der Waals surface area contributed by atoms with Crippen LogP contribution in [-0.4, -0.2) is 24.5 Å². The van der Waals surface area contributed by atoms with E-state index in [1.165, 1.54) is 0 Å². The molecule has 1 fully saturated rings. The first-order valence-electron chi connectivity index (χ1n) is 6.40. The third-order valence-electron chi connectivity index (χ3n) is 3.24. The zero-order valence-corrected chi connectivity index (χ0v) is 12.6. The first kappa shape index (κ1) is 16.3. The molecule has 1 heterocycles. The number of carbonyl (C=O) groups excluding carboxylic acids is 1. The maximum atomic E-state index is 11.9. The van der Waals surface area contributed by atoms with Gasteiger partial charge in [-0.3, -0.25) is 4.79 Å². The lowest BCUT2D eigenvalue weighted by molar-refractivity contribution is -0.121. The minimum Gasteiger partial charge on any atom is -0.353 e. The Bertz CT molecular complexity index is 426. The largest absolute Gasteiger partial charge is 0.353 e. The molecule has 0 aromatic heterocycles. The SMILES string of the molecule is CC1CC(NC(=O)Cc2cccc(Cl)c2)CCN1.Cl. The predicted octanol–water partition coefficient (Wildman–Crippen LogP) is 2.56. The molecule has 0 aliphatic carbocycles. The minimum atomic E-state index is 0. The van der Waals surface area contributed by atoms with Gasteiger partial charge in [-0.15, -0.1) is 12.4 Å². The van der Waals surface area contributed by atoms with Gasteiger partial charge >= 0.3 is 0 Å². The summed E-state index contributed by atoms with van der Waals surface area (Å²) >= 11 is 5.90. The summed E-state index contributed by atoms with van der Waals surface area (Å²) in [6.07, 6.45) is 2.41. The molecule has 0 bridgehead atoms. The van der Waals surface area contributed by atoms with Gasteiger partial charge in [0.2, 0.25) is 5.91 Å². The first-order valence-corrected chi connectivity index (χ1v) is 6.78. The Morgan fingerprint density at radius 2 is 2.32 bits per heavy atom. The van der Waals surface area contributed by atoms with Gasteiger partial charge in [0.1, 0.15) is 0 Å². The van der Waals surface area contributed by atoms with Gasteiger partial charge < -0.3 is 10.6 Å². The molecule has 2 rings (SSSR count). The molecule has 5 heteroatoms. The minimum absolute atomic E-state index is 0. The average molecular weight is 303 g/mol. The summed E-state index contributed by atoms with van der Waals surface area (Å²) in [6.45, 7) is 3.12. The number of nitrogens with one attached hydrogen (secondary N) is 2. The lowest BCUT2D eigenvalue weighted by Gasteiger charge is -2.28. The number of amides is 1. The molecule has 106 valence electrons. The van der Waals surface area contributed by atoms with E-state index in [0.717, 1.165) is 24.9 Å². The molecule has 19 heavy (non-hydrogen) atoms. The highest BCUT2D eigenvalue weighted by Gasteiger charge is 2.19. The van der Waals surface area contributed by atoms with Crippen molar-refractivity contribution < 1.29 is 4.79 Å². The van der Waals surface area contributed by atoms with Crippen LogP contribution in [0.25, 0.3) is 0 Å². The summed E-state index contributed by atoms with van der Waals surface area (Å²) in [6, 6.07) is 8.24. The number of benzene rings is 1. The van der Waals surface area contributed by atoms with Gasteiger partial charge in [0, 0.05) is 17.1 Å². The molecule has 0 radical (unpaired) electrons. The maximum absolute atomic E-state index is 11.9. The summed E-state index contributed by atoms with van der Waals surface area (Å²) in [5, 5.41) is 7.15. The van der Waals surface area contributed by atoms with Gasteiger partial charge in [0.25, 0.3) is 0 Å². The third kappa shape index (κ3) is 5.39. The lowest BCUT2D eigenvalue weighted by atomic mass is 10.0. The van der Waals surface area contributed by atoms with E-state index in [4.69, 9.17) is 11.6 Å². The fourth-order valence-electron chi connectivity index (χ4n) is 2.37. The highest BCUT2D eigenvalue weighted by atomic mass is 35.5. The molecule has 2 unspecified atom stereocenters. The van der Waals surface area contributed by atoms with Crippen LogP contribution in [0.1, 0.15) is 25.3 Å². The van der Waals surface area contributed by atoms with Crippen LogP contribution in [0.5, 0.6) is 0 Å². The standard InChI is InChI=1S/C14H19ClN2O.ClH/c1-10-7-13(5-6-16-10)17-14(18)9-11-3-2-4-12(15)8-11;/h2-4,8,10,13,16H,5-7,9H2,1H3,(H,17,18);1H. The molecule has 1 aromatic rings. The highest BCUT2D eigenvalue weighted by molar-refractivity contribution is 6.30. The van der Waals surface area contributed by atoms with Crippen molar-refractivity contribution in [3.05, 3.63) is 34.9 Å². The van der Waals surface area contributed by atoms with Gasteiger partial charge in [-0.2, -0.15) is 0 Å². The van der Waals surface area contributed by atoms with E-state index in [0.29, 0.717) is 23.5 Å². The van der Waals surface area contributed by atoms with E-state index in [-0.39, 0.29) is 18.3 Å². The average Bonchev–Trinajstić information content (AvgIpc) is 2.28. The molecule has 1 aliphatic heterocycles. The van der Waals surface area contributed by atoms with Crippen molar-refractivity contribution in [2.75, 3.05) is 6.54 Å². The maximum Gasteiger partial charge on any atom is 0.224 e. The van der Waals surface area contributed by atoms with Crippen LogP contribution in [0.3, 0.4) is 0 Å². The fourth-order valence-corrected chi connectivity index (χ4v) is 2.59. The molecule has 0 spiro atoms. The van der Waals surface area contributed by atoms with E-state index >= 15 is 0 Å². The van der Waals surface area contributed by atoms with Crippen LogP contribution in [0.15, 0.2) is 24.3 Å². The summed E-state index contributed by atoms with van der Waals surface area (Å²) < 4.78 is 0. The first-order chi connectivity index (χ1) is 8.63. The number of carbonyl (C=O) groups is 1. The monoisotopic (exact) mass is 302 g/mol. The third-order valence-corrected chi connectivity index (χ3v) is 3.48. The second-order valence-electron chi connectivity index (χ2n) is 4.95. The molecule has 1 saturated heterocycles. The second kappa shape index (κ2) is 7.73. The Morgan fingerprint density at radius 1 is 1.53 bits per heavy atom. The van der Waals surface area contributed by atoms with Crippen molar-refractivity contribution in [2.45, 2.75) is 38.3 Å². The number of halogens is 2. The van der Waals surface area contributed by atoms with Gasteiger partial charge in [-0.05, 0) is 44.0 Å². The number of hydrogen-bond acceptors (Lipinski definition) is 2. The molecule has 2 N–H and O–H groups in total. The Hall–Kier alpha value is -0.770. The predicted molar refractivity (Wildman–Crippen MR) is 81.0 cm³/mol. The second-order valence-corrected chi connectivity index (χ2v) is 5.39. The number of hydrogen-bond donors (Lipinski definition) is 2. The summed E-state index contributed by atoms with van der Waals surface area (Å²) in [7, 11) is 0. The highest BCUT2D eigenvalue weighted by Crippen LogP contribution is 2.12. The molecular formula is C14H20Cl2N2O. The Kier molecular flexibility index (Phi) is 6.63. The van der Waals surface area contributed by atoms with Crippen molar-refractivity contribution in [1.29, 1.82) is 0 Å². The molecule has 1 amide bonds. The fraction of sp³-hybridized carbons (Fsp3) is 0.500. The van der Waals surface area contributed by atoms with E-state index in [1.54, 1.807) is 0 Å². The number of rotatable bonds is 3. The van der Waals surface area contributed by atoms with Crippen LogP contribution in [0.2, 0.25) is 5.02 Å². The van der Waals surface area contributed by atoms with Gasteiger partial charge in [-0.25, -0.2) is 0 Å². The van der Waals surface area contributed by atoms with Crippen LogP contribution < -0.4 is 10.6 Å². The van der Waals surface area contributed by atoms with E-state index in [2.05, 4.69) is 17.6 Å². The number of piperidine rings is 1. The van der Waals surface area contributed by atoms with E-state index < -0.39 is 0 Å². The van der Waals surface area contributed by atoms with Crippen molar-refractivity contribution in [2.24, 2.45) is 0 Å². The van der Waals surface area contributed by atoms with Crippen LogP contribution in [-0.2, 0) is 11.2 Å². The van der Waals surface area contributed by atoms with Crippen molar-refractivity contribution in [1.82, 2.24) is 10.6 Å². The Balaban J connectivity index is 0.00000180. The molecule has 2 atom stereocenters. The smallest absolute Gasteiger partial charge is 0.224 e. The molecule has 1 aliphatic rings. The van der Waals surface area contributed by atoms with Crippen LogP contribution in [0, 0.1) is 0 Å². The van der Waals surface area contributed by atoms with Crippen molar-refractivity contribution in [3.8, 4) is 0 Å². The van der Waals surface area contributed by atoms with Crippen molar-refractivity contribution in [3.63, 3.8) is 0 Å². The van der Waals surface area contributed by atoms with Gasteiger partial charge in [0.15, 0.2) is 0 Å². The van der Waals surface area contributed by atoms with Gasteiger partial charge in [-0.1, -0.05) is 23.7 Å². The lowest BCUT2D eigenvalue weighted by Crippen LogP contribution is -2.46. The normalized spacial score (nSPS) is 22.4. The molecule has 0 saturated carbocycles. The van der Waals surface area contributed by atoms with E-state index in [9.17, 15) is 4.79 Å². The zero-order valence-electron chi connectivity index (χ0n) is 11.0. The Labute approximate surface area is 125 Å². The topological polar surface area (TPSA) is 41.1 Å². The van der Waals surface area contributed by atoms with Crippen LogP contribution >= 0.6 is 24.0 Å². The Morgan fingerprint density at radius 3 is 3.00 bits per heavy atom. The summed E-state index contributed by atoms with van der Waals surface area (Å²) in [5.41, 5.74) is 0.960. The molecule has 1 aromatic carbocycles. The molecule has 3 nitrogen and oxygen atoms in total.